The second kappa shape index (κ2) is 13.6. The molecule has 0 saturated carbocycles. The van der Waals surface area contributed by atoms with Gasteiger partial charge in [0.05, 0.1) is 22.9 Å². The summed E-state index contributed by atoms with van der Waals surface area (Å²) in [4.78, 5) is 42.5. The first-order valence-electron chi connectivity index (χ1n) is 19.2. The number of aromatic nitrogens is 4. The van der Waals surface area contributed by atoms with Gasteiger partial charge in [-0.1, -0.05) is 71.9 Å². The number of carbonyl (C=O) groups is 2. The summed E-state index contributed by atoms with van der Waals surface area (Å²) in [7, 11) is 5.88. The summed E-state index contributed by atoms with van der Waals surface area (Å²) in [6.07, 6.45) is 4.89. The van der Waals surface area contributed by atoms with Crippen LogP contribution in [0.5, 0.6) is 0 Å². The van der Waals surface area contributed by atoms with Crippen molar-refractivity contribution in [2.75, 3.05) is 24.6 Å². The van der Waals surface area contributed by atoms with Crippen molar-refractivity contribution in [2.24, 2.45) is 30.7 Å². The van der Waals surface area contributed by atoms with Crippen LogP contribution in [0.15, 0.2) is 60.8 Å². The first-order valence-corrected chi connectivity index (χ1v) is 20.7. The molecule has 3 fully saturated rings. The predicted octanol–water partition coefficient (Wildman–Crippen LogP) is 8.17. The number of carbonyl (C=O) groups excluding carboxylic acids is 2. The molecular weight excluding hydrogens is 695 g/mol. The normalized spacial score (nSPS) is 21.8. The molecule has 0 aliphatic carbocycles. The van der Waals surface area contributed by atoms with E-state index >= 15 is 0 Å². The molecule has 2 aromatic heterocycles. The average Bonchev–Trinajstić information content (AvgIpc) is 3.47. The number of piperidine rings is 1. The molecule has 0 spiro atoms. The Morgan fingerprint density at radius 3 is 2.28 bits per heavy atom. The minimum atomic E-state index is -0.149. The number of aromatic amines is 1. The number of rotatable bonds is 9. The quantitative estimate of drug-likeness (QED) is 0.121. The summed E-state index contributed by atoms with van der Waals surface area (Å²) < 4.78 is 1.97. The fourth-order valence-electron chi connectivity index (χ4n) is 8.23. The number of amides is 2. The Morgan fingerprint density at radius 1 is 0.849 bits per heavy atom. The van der Waals surface area contributed by atoms with Gasteiger partial charge in [0, 0.05) is 54.3 Å². The molecule has 53 heavy (non-hydrogen) atoms. The highest BCUT2D eigenvalue weighted by Crippen LogP contribution is 2.66. The van der Waals surface area contributed by atoms with Crippen LogP contribution in [0.1, 0.15) is 66.6 Å². The fourth-order valence-corrected chi connectivity index (χ4v) is 9.88. The molecule has 8 rings (SSSR count). The molecule has 5 aromatic rings. The van der Waals surface area contributed by atoms with Gasteiger partial charge in [-0.3, -0.25) is 19.6 Å². The number of nitrogens with one attached hydrogen (secondary N) is 1. The topological polar surface area (TPSA) is 90.4 Å². The monoisotopic (exact) mass is 744 g/mol. The van der Waals surface area contributed by atoms with E-state index in [-0.39, 0.29) is 45.2 Å². The second-order valence-electron chi connectivity index (χ2n) is 16.1. The van der Waals surface area contributed by atoms with Crippen molar-refractivity contribution in [3.8, 4) is 22.4 Å². The lowest BCUT2D eigenvalue weighted by molar-refractivity contribution is -0.137. The molecule has 3 radical (unpaired) electrons. The number of anilines is 1. The van der Waals surface area contributed by atoms with Gasteiger partial charge >= 0.3 is 0 Å². The minimum Gasteiger partial charge on any atom is -0.341 e. The summed E-state index contributed by atoms with van der Waals surface area (Å²) in [5.41, 5.74) is 6.48. The van der Waals surface area contributed by atoms with E-state index in [4.69, 9.17) is 9.97 Å². The van der Waals surface area contributed by atoms with Gasteiger partial charge in [-0.05, 0) is 82.8 Å². The van der Waals surface area contributed by atoms with E-state index in [9.17, 15) is 9.59 Å². The van der Waals surface area contributed by atoms with E-state index in [1.807, 2.05) is 43.9 Å². The van der Waals surface area contributed by atoms with Gasteiger partial charge in [0.15, 0.2) is 0 Å². The summed E-state index contributed by atoms with van der Waals surface area (Å²) in [6.45, 7) is 14.9. The maximum atomic E-state index is 13.5. The van der Waals surface area contributed by atoms with Crippen molar-refractivity contribution >= 4 is 61.6 Å². The minimum absolute atomic E-state index is 0.0423. The van der Waals surface area contributed by atoms with Crippen LogP contribution >= 0.6 is 11.8 Å². The maximum Gasteiger partial charge on any atom is 0.244 e. The first-order chi connectivity index (χ1) is 25.4. The van der Waals surface area contributed by atoms with Gasteiger partial charge in [-0.2, -0.15) is 0 Å². The molecular formula is C42H50N7O2SSi. The van der Waals surface area contributed by atoms with Crippen LogP contribution in [0.25, 0.3) is 44.2 Å². The molecule has 2 amide bonds. The Balaban J connectivity index is 1.01. The lowest BCUT2D eigenvalue weighted by Crippen LogP contribution is -2.45. The Hall–Kier alpha value is -4.09. The standard InChI is InChI=1S/C42H50N7O2SSi/c1-24(2)26(5)38(51)48-18-9-19-49(48)41-45-33-15-14-31(22-35(33)46(41)7)29-10-11-30-21-32(13-12-28(30)20-29)34-23-43-39(44-34)42-16-8-17-47(40(42)52-42)37(50)27(6)36(53)25(3)4/h10-15,20-27,36,40H,8-9,16-19H2,1-7H3,(H,43,44). The predicted molar refractivity (Wildman–Crippen MR) is 216 cm³/mol. The van der Waals surface area contributed by atoms with E-state index in [1.165, 1.54) is 5.39 Å². The number of hydrazine groups is 1. The zero-order valence-electron chi connectivity index (χ0n) is 31.9. The van der Waals surface area contributed by atoms with Gasteiger partial charge in [-0.15, -0.1) is 11.8 Å². The molecule has 5 atom stereocenters. The van der Waals surface area contributed by atoms with Gasteiger partial charge < -0.3 is 14.5 Å². The summed E-state index contributed by atoms with van der Waals surface area (Å²) >= 11 is 1.87. The van der Waals surface area contributed by atoms with E-state index in [1.54, 1.807) is 0 Å². The largest absolute Gasteiger partial charge is 0.341 e. The van der Waals surface area contributed by atoms with Crippen LogP contribution in [0.3, 0.4) is 0 Å². The number of likely N-dealkylation sites (tertiary alicyclic amines) is 1. The molecule has 0 bridgehead atoms. The molecule has 275 valence electrons. The highest BCUT2D eigenvalue weighted by Gasteiger charge is 2.64. The Morgan fingerprint density at radius 2 is 1.55 bits per heavy atom. The van der Waals surface area contributed by atoms with Crippen LogP contribution < -0.4 is 5.01 Å². The van der Waals surface area contributed by atoms with Crippen molar-refractivity contribution < 1.29 is 9.59 Å². The smallest absolute Gasteiger partial charge is 0.244 e. The number of H-pyrrole nitrogens is 1. The maximum absolute atomic E-state index is 13.5. The number of hydrogen-bond acceptors (Lipinski definition) is 6. The summed E-state index contributed by atoms with van der Waals surface area (Å²) in [5.74, 6) is 2.75. The molecule has 3 aromatic carbocycles. The third kappa shape index (κ3) is 6.17. The van der Waals surface area contributed by atoms with E-state index < -0.39 is 0 Å². The van der Waals surface area contributed by atoms with Gasteiger partial charge in [0.25, 0.3) is 0 Å². The number of thioether (sulfide) groups is 1. The molecule has 11 heteroatoms. The van der Waals surface area contributed by atoms with Crippen LogP contribution in [0.2, 0.25) is 5.54 Å². The molecule has 5 unspecified atom stereocenters. The highest BCUT2D eigenvalue weighted by molar-refractivity contribution is 8.08. The Kier molecular flexibility index (Phi) is 9.24. The van der Waals surface area contributed by atoms with Gasteiger partial charge in [0.1, 0.15) is 15.9 Å². The number of imidazole rings is 2. The zero-order valence-corrected chi connectivity index (χ0v) is 33.7. The van der Waals surface area contributed by atoms with Crippen molar-refractivity contribution in [1.82, 2.24) is 29.4 Å². The van der Waals surface area contributed by atoms with E-state index in [0.29, 0.717) is 5.92 Å². The third-order valence-electron chi connectivity index (χ3n) is 12.0. The molecule has 3 aliphatic rings. The Bertz CT molecular complexity index is 2210. The van der Waals surface area contributed by atoms with Gasteiger partial charge in [0.2, 0.25) is 17.8 Å². The summed E-state index contributed by atoms with van der Waals surface area (Å²) in [6, 6.07) is 19.6. The SMILES string of the molecule is CC(C)C(C)C(=O)N1CCCN1c1nc2ccc(-c3ccc4cc(-c5cnc(C67CCCN(C(=O)C(C)C([Si])C(C)C)C6S7)[nH]5)ccc4c3)cc2n1C. The van der Waals surface area contributed by atoms with E-state index in [2.05, 4.69) is 112 Å². The third-order valence-corrected chi connectivity index (χ3v) is 14.9. The molecule has 3 saturated heterocycles. The lowest BCUT2D eigenvalue weighted by atomic mass is 9.93. The van der Waals surface area contributed by atoms with Crippen LogP contribution in [0, 0.1) is 23.7 Å². The van der Waals surface area contributed by atoms with Crippen LogP contribution in [-0.4, -0.2) is 76.5 Å². The zero-order chi connectivity index (χ0) is 37.3. The highest BCUT2D eigenvalue weighted by atomic mass is 32.2. The van der Waals surface area contributed by atoms with Crippen molar-refractivity contribution in [3.05, 3.63) is 66.6 Å². The number of hydrogen-bond donors (Lipinski definition) is 1. The van der Waals surface area contributed by atoms with Crippen LogP contribution in [-0.2, 0) is 21.4 Å². The first kappa shape index (κ1) is 35.9. The second-order valence-corrected chi connectivity index (χ2v) is 18.2. The Labute approximate surface area is 320 Å². The fraction of sp³-hybridized carbons (Fsp3) is 0.476. The van der Waals surface area contributed by atoms with E-state index in [0.717, 1.165) is 89.5 Å². The number of aryl methyl sites for hydroxylation is 1. The molecule has 1 N–H and O–H groups in total. The number of fused-ring (bicyclic) bond motifs is 3. The number of benzene rings is 3. The van der Waals surface area contributed by atoms with Crippen LogP contribution in [0.4, 0.5) is 5.95 Å². The lowest BCUT2D eigenvalue weighted by Gasteiger charge is -2.33. The molecule has 9 nitrogen and oxygen atoms in total. The summed E-state index contributed by atoms with van der Waals surface area (Å²) in [5, 5.41) is 6.44. The molecule has 3 aliphatic heterocycles. The number of nitrogens with zero attached hydrogens (tertiary/aromatic N) is 6. The van der Waals surface area contributed by atoms with Gasteiger partial charge in [-0.25, -0.2) is 9.97 Å². The van der Waals surface area contributed by atoms with Crippen molar-refractivity contribution in [1.29, 1.82) is 0 Å². The average molecular weight is 745 g/mol. The van der Waals surface area contributed by atoms with Crippen molar-refractivity contribution in [3.63, 3.8) is 0 Å². The molecule has 5 heterocycles. The van der Waals surface area contributed by atoms with Crippen molar-refractivity contribution in [2.45, 2.75) is 76.5 Å².